The van der Waals surface area contributed by atoms with Gasteiger partial charge < -0.3 is 25.3 Å². The van der Waals surface area contributed by atoms with Crippen molar-refractivity contribution in [2.45, 2.75) is 13.8 Å². The molecule has 3 rings (SSSR count). The Morgan fingerprint density at radius 2 is 2.04 bits per heavy atom. The van der Waals surface area contributed by atoms with Crippen LogP contribution in [-0.4, -0.2) is 31.2 Å². The fraction of sp³-hybridized carbons (Fsp3) is 0.211. The minimum Gasteiger partial charge on any atom is -0.462 e. The number of ether oxygens (including phenoxy) is 3. The summed E-state index contributed by atoms with van der Waals surface area (Å²) in [6.07, 6.45) is 2.91. The van der Waals surface area contributed by atoms with Crippen molar-refractivity contribution in [2.75, 3.05) is 18.7 Å². The zero-order valence-corrected chi connectivity index (χ0v) is 16.1. The van der Waals surface area contributed by atoms with E-state index in [1.807, 2.05) is 0 Å². The number of carbonyl (C=O) groups is 3. The van der Waals surface area contributed by atoms with E-state index in [0.29, 0.717) is 17.1 Å². The van der Waals surface area contributed by atoms with Crippen molar-refractivity contribution in [1.29, 1.82) is 0 Å². The van der Waals surface area contributed by atoms with Gasteiger partial charge in [0.1, 0.15) is 5.00 Å². The van der Waals surface area contributed by atoms with E-state index >= 15 is 0 Å². The monoisotopic (exact) mass is 402 g/mol. The van der Waals surface area contributed by atoms with Gasteiger partial charge in [0.15, 0.2) is 11.5 Å². The lowest BCUT2D eigenvalue weighted by atomic mass is 10.1. The maximum Gasteiger partial charge on any atom is 0.341 e. The van der Waals surface area contributed by atoms with Crippen LogP contribution in [0.2, 0.25) is 0 Å². The first-order valence-corrected chi connectivity index (χ1v) is 9.21. The second-order valence-corrected chi connectivity index (χ2v) is 6.80. The van der Waals surface area contributed by atoms with Crippen LogP contribution in [-0.2, 0) is 9.53 Å². The Hall–Kier alpha value is -3.33. The van der Waals surface area contributed by atoms with E-state index < -0.39 is 17.8 Å². The highest BCUT2D eigenvalue weighted by molar-refractivity contribution is 7.18. The minimum absolute atomic E-state index is 0.130. The van der Waals surface area contributed by atoms with Crippen molar-refractivity contribution in [3.8, 4) is 11.5 Å². The summed E-state index contributed by atoms with van der Waals surface area (Å²) in [5, 5.41) is 2.83. The van der Waals surface area contributed by atoms with Crippen molar-refractivity contribution in [2.24, 2.45) is 5.73 Å². The molecule has 8 nitrogen and oxygen atoms in total. The minimum atomic E-state index is -0.676. The van der Waals surface area contributed by atoms with Crippen LogP contribution in [0.1, 0.15) is 38.1 Å². The molecule has 2 aromatic rings. The van der Waals surface area contributed by atoms with Gasteiger partial charge in [0, 0.05) is 6.08 Å². The lowest BCUT2D eigenvalue weighted by Crippen LogP contribution is -2.13. The maximum atomic E-state index is 12.3. The Morgan fingerprint density at radius 1 is 1.29 bits per heavy atom. The summed E-state index contributed by atoms with van der Waals surface area (Å²) in [7, 11) is 0. The lowest BCUT2D eigenvalue weighted by Gasteiger charge is -2.05. The average molecular weight is 402 g/mol. The number of carbonyl (C=O) groups excluding carboxylic acids is 3. The van der Waals surface area contributed by atoms with Gasteiger partial charge in [-0.1, -0.05) is 6.07 Å². The second kappa shape index (κ2) is 8.13. The van der Waals surface area contributed by atoms with Gasteiger partial charge in [0.25, 0.3) is 5.91 Å². The molecule has 2 heterocycles. The van der Waals surface area contributed by atoms with Gasteiger partial charge in [0.2, 0.25) is 12.7 Å². The van der Waals surface area contributed by atoms with Gasteiger partial charge in [-0.15, -0.1) is 11.3 Å². The largest absolute Gasteiger partial charge is 0.462 e. The van der Waals surface area contributed by atoms with Crippen LogP contribution in [0.15, 0.2) is 24.3 Å². The third-order valence-electron chi connectivity index (χ3n) is 3.91. The van der Waals surface area contributed by atoms with Gasteiger partial charge >= 0.3 is 5.97 Å². The van der Waals surface area contributed by atoms with Crippen LogP contribution < -0.4 is 20.5 Å². The molecular weight excluding hydrogens is 384 g/mol. The Kier molecular flexibility index (Phi) is 5.65. The first-order chi connectivity index (χ1) is 13.4. The van der Waals surface area contributed by atoms with E-state index in [9.17, 15) is 14.4 Å². The number of primary amides is 1. The highest BCUT2D eigenvalue weighted by atomic mass is 32.1. The Labute approximate surface area is 164 Å². The Balaban J connectivity index is 1.80. The number of nitrogens with two attached hydrogens (primary N) is 1. The van der Waals surface area contributed by atoms with Crippen LogP contribution in [0.4, 0.5) is 5.00 Å². The summed E-state index contributed by atoms with van der Waals surface area (Å²) in [6, 6.07) is 5.28. The summed E-state index contributed by atoms with van der Waals surface area (Å²) < 4.78 is 15.6. The molecular formula is C19H18N2O6S. The number of hydrogen-bond acceptors (Lipinski definition) is 7. The number of fused-ring (bicyclic) bond motifs is 1. The molecule has 1 aromatic carbocycles. The van der Waals surface area contributed by atoms with E-state index in [-0.39, 0.29) is 28.8 Å². The molecule has 0 fully saturated rings. The quantitative estimate of drug-likeness (QED) is 0.567. The van der Waals surface area contributed by atoms with Gasteiger partial charge in [0.05, 0.1) is 17.0 Å². The third-order valence-corrected chi connectivity index (χ3v) is 5.13. The van der Waals surface area contributed by atoms with E-state index in [2.05, 4.69) is 5.32 Å². The number of hydrogen-bond donors (Lipinski definition) is 2. The molecule has 0 aliphatic carbocycles. The molecule has 1 aliphatic rings. The topological polar surface area (TPSA) is 117 Å². The molecule has 146 valence electrons. The molecule has 28 heavy (non-hydrogen) atoms. The van der Waals surface area contributed by atoms with Crippen molar-refractivity contribution in [3.63, 3.8) is 0 Å². The number of amides is 2. The Morgan fingerprint density at radius 3 is 2.75 bits per heavy atom. The molecule has 2 amide bonds. The average Bonchev–Trinajstić information content (AvgIpc) is 3.24. The van der Waals surface area contributed by atoms with Crippen LogP contribution in [0, 0.1) is 6.92 Å². The van der Waals surface area contributed by atoms with Crippen LogP contribution >= 0.6 is 11.3 Å². The Bertz CT molecular complexity index is 979. The predicted octanol–water partition coefficient (Wildman–Crippen LogP) is 2.71. The fourth-order valence-electron chi connectivity index (χ4n) is 2.63. The summed E-state index contributed by atoms with van der Waals surface area (Å²) in [5.74, 6) is -0.524. The van der Waals surface area contributed by atoms with E-state index in [1.165, 1.54) is 6.08 Å². The summed E-state index contributed by atoms with van der Waals surface area (Å²) in [5.41, 5.74) is 6.60. The molecule has 0 bridgehead atoms. The van der Waals surface area contributed by atoms with Crippen molar-refractivity contribution >= 4 is 40.2 Å². The first-order valence-electron chi connectivity index (χ1n) is 8.39. The summed E-state index contributed by atoms with van der Waals surface area (Å²) >= 11 is 0.937. The maximum absolute atomic E-state index is 12.3. The number of thiophene rings is 1. The first kappa shape index (κ1) is 19.4. The molecule has 0 atom stereocenters. The van der Waals surface area contributed by atoms with Crippen LogP contribution in [0.3, 0.4) is 0 Å². The van der Waals surface area contributed by atoms with Crippen molar-refractivity contribution in [3.05, 3.63) is 45.8 Å². The van der Waals surface area contributed by atoms with Gasteiger partial charge in [-0.3, -0.25) is 9.59 Å². The molecule has 9 heteroatoms. The number of rotatable bonds is 6. The van der Waals surface area contributed by atoms with E-state index in [4.69, 9.17) is 19.9 Å². The van der Waals surface area contributed by atoms with Crippen molar-refractivity contribution < 1.29 is 28.6 Å². The standard InChI is InChI=1S/C19H18N2O6S/c1-3-25-19(24)15-10(2)16(17(20)23)28-18(15)21-14(22)7-5-11-4-6-12-13(8-11)27-9-26-12/h4-8H,3,9H2,1-2H3,(H2,20,23)(H,21,22)/b7-5+. The summed E-state index contributed by atoms with van der Waals surface area (Å²) in [4.78, 5) is 36.3. The van der Waals surface area contributed by atoms with E-state index in [0.717, 1.165) is 16.9 Å². The SMILES string of the molecule is CCOC(=O)c1c(NC(=O)/C=C/c2ccc3c(c2)OCO3)sc(C(N)=O)c1C. The van der Waals surface area contributed by atoms with Gasteiger partial charge in [-0.05, 0) is 43.2 Å². The molecule has 0 saturated carbocycles. The normalized spacial score (nSPS) is 12.2. The van der Waals surface area contributed by atoms with Crippen molar-refractivity contribution in [1.82, 2.24) is 0 Å². The van der Waals surface area contributed by atoms with Gasteiger partial charge in [-0.2, -0.15) is 0 Å². The zero-order chi connectivity index (χ0) is 20.3. The molecule has 0 spiro atoms. The number of anilines is 1. The summed E-state index contributed by atoms with van der Waals surface area (Å²) in [6.45, 7) is 3.58. The van der Waals surface area contributed by atoms with E-state index in [1.54, 1.807) is 38.1 Å². The number of esters is 1. The van der Waals surface area contributed by atoms with Crippen LogP contribution in [0.5, 0.6) is 11.5 Å². The lowest BCUT2D eigenvalue weighted by molar-refractivity contribution is -0.111. The number of benzene rings is 1. The van der Waals surface area contributed by atoms with Crippen LogP contribution in [0.25, 0.3) is 6.08 Å². The zero-order valence-electron chi connectivity index (χ0n) is 15.2. The molecule has 0 unspecified atom stereocenters. The molecule has 0 radical (unpaired) electrons. The second-order valence-electron chi connectivity index (χ2n) is 5.78. The molecule has 1 aliphatic heterocycles. The van der Waals surface area contributed by atoms with Gasteiger partial charge in [-0.25, -0.2) is 4.79 Å². The molecule has 1 aromatic heterocycles. The highest BCUT2D eigenvalue weighted by Gasteiger charge is 2.25. The smallest absolute Gasteiger partial charge is 0.341 e. The molecule has 3 N–H and O–H groups in total. The third kappa shape index (κ3) is 3.99. The fourth-order valence-corrected chi connectivity index (χ4v) is 3.68. The molecule has 0 saturated heterocycles. The predicted molar refractivity (Wildman–Crippen MR) is 104 cm³/mol. The number of nitrogens with one attached hydrogen (secondary N) is 1. The highest BCUT2D eigenvalue weighted by Crippen LogP contribution is 2.34.